The van der Waals surface area contributed by atoms with E-state index in [2.05, 4.69) is 4.98 Å². The Morgan fingerprint density at radius 3 is 2.43 bits per heavy atom. The molecule has 0 radical (unpaired) electrons. The van der Waals surface area contributed by atoms with E-state index in [1.807, 2.05) is 0 Å². The second-order valence-electron chi connectivity index (χ2n) is 4.45. The number of fused-ring (bicyclic) bond motifs is 1. The van der Waals surface area contributed by atoms with Crippen molar-refractivity contribution >= 4 is 33.6 Å². The highest BCUT2D eigenvalue weighted by Gasteiger charge is 2.25. The van der Waals surface area contributed by atoms with Gasteiger partial charge in [-0.2, -0.15) is 0 Å². The van der Waals surface area contributed by atoms with Crippen molar-refractivity contribution in [2.24, 2.45) is 0 Å². The van der Waals surface area contributed by atoms with E-state index in [-0.39, 0.29) is 16.0 Å². The lowest BCUT2D eigenvalue weighted by Crippen LogP contribution is -2.29. The molecule has 6 nitrogen and oxygen atoms in total. The summed E-state index contributed by atoms with van der Waals surface area (Å²) in [6.45, 7) is 0. The molecule has 0 aliphatic rings. The molecule has 0 unspecified atom stereocenters. The highest BCUT2D eigenvalue weighted by atomic mass is 32.2. The molecule has 0 aliphatic carbocycles. The molecule has 0 saturated carbocycles. The van der Waals surface area contributed by atoms with Crippen LogP contribution in [0.5, 0.6) is 0 Å². The van der Waals surface area contributed by atoms with Gasteiger partial charge in [-0.3, -0.25) is 0 Å². The normalized spacial score (nSPS) is 11.7. The predicted molar refractivity (Wildman–Crippen MR) is 78.6 cm³/mol. The Kier molecular flexibility index (Phi) is 3.28. The molecule has 2 N–H and O–H groups in total. The molecule has 0 spiro atoms. The molecule has 3 rings (SSSR count). The smallest absolute Gasteiger partial charge is 0.423 e. The van der Waals surface area contributed by atoms with Crippen LogP contribution in [0.25, 0.3) is 11.0 Å². The summed E-state index contributed by atoms with van der Waals surface area (Å²) in [7, 11) is -5.62. The Labute approximate surface area is 121 Å². The summed E-state index contributed by atoms with van der Waals surface area (Å²) in [5.74, 6) is 0. The monoisotopic (exact) mass is 302 g/mol. The second-order valence-corrected chi connectivity index (χ2v) is 6.26. The molecule has 0 aliphatic heterocycles. The zero-order chi connectivity index (χ0) is 15.0. The van der Waals surface area contributed by atoms with Crippen LogP contribution in [0.3, 0.4) is 0 Å². The van der Waals surface area contributed by atoms with E-state index >= 15 is 0 Å². The lowest BCUT2D eigenvalue weighted by Gasteiger charge is -2.06. The van der Waals surface area contributed by atoms with Crippen LogP contribution in [0.4, 0.5) is 0 Å². The number of hydrogen-bond donors (Lipinski definition) is 2. The zero-order valence-electron chi connectivity index (χ0n) is 10.8. The number of nitrogens with zero attached hydrogens (tertiary/aromatic N) is 2. The van der Waals surface area contributed by atoms with E-state index in [1.54, 1.807) is 30.3 Å². The van der Waals surface area contributed by atoms with Gasteiger partial charge in [-0.05, 0) is 24.3 Å². The summed E-state index contributed by atoms with van der Waals surface area (Å²) in [6, 6.07) is 11.1. The Bertz CT molecular complexity index is 891. The van der Waals surface area contributed by atoms with E-state index < -0.39 is 17.1 Å². The van der Waals surface area contributed by atoms with Crippen molar-refractivity contribution in [2.75, 3.05) is 0 Å². The van der Waals surface area contributed by atoms with Gasteiger partial charge in [-0.15, -0.1) is 0 Å². The van der Waals surface area contributed by atoms with Gasteiger partial charge in [0.15, 0.2) is 5.65 Å². The van der Waals surface area contributed by atoms with Crippen LogP contribution in [0.15, 0.2) is 59.8 Å². The summed E-state index contributed by atoms with van der Waals surface area (Å²) < 4.78 is 26.3. The van der Waals surface area contributed by atoms with E-state index in [4.69, 9.17) is 0 Å². The van der Waals surface area contributed by atoms with Gasteiger partial charge in [-0.25, -0.2) is 17.4 Å². The first kappa shape index (κ1) is 13.8. The fourth-order valence-corrected chi connectivity index (χ4v) is 3.50. The second kappa shape index (κ2) is 4.99. The maximum absolute atomic E-state index is 12.6. The predicted octanol–water partition coefficient (Wildman–Crippen LogP) is -0.0469. The quantitative estimate of drug-likeness (QED) is 0.662. The lowest BCUT2D eigenvalue weighted by atomic mass is 9.80. The summed E-state index contributed by atoms with van der Waals surface area (Å²) >= 11 is 0. The molecular formula is C13H11BN2O4S. The van der Waals surface area contributed by atoms with Crippen LogP contribution in [0.1, 0.15) is 0 Å². The van der Waals surface area contributed by atoms with Gasteiger partial charge in [0.25, 0.3) is 10.0 Å². The molecule has 2 aromatic heterocycles. The lowest BCUT2D eigenvalue weighted by molar-refractivity contribution is 0.426. The highest BCUT2D eigenvalue weighted by Crippen LogP contribution is 2.19. The maximum atomic E-state index is 12.6. The Morgan fingerprint density at radius 1 is 1.05 bits per heavy atom. The van der Waals surface area contributed by atoms with Crippen molar-refractivity contribution in [1.82, 2.24) is 8.96 Å². The van der Waals surface area contributed by atoms with E-state index in [0.29, 0.717) is 5.39 Å². The minimum Gasteiger partial charge on any atom is -0.423 e. The summed E-state index contributed by atoms with van der Waals surface area (Å²) in [5.41, 5.74) is 0.252. The minimum absolute atomic E-state index is 0.0950. The fourth-order valence-electron chi connectivity index (χ4n) is 2.15. The fraction of sp³-hybridized carbons (Fsp3) is 0. The van der Waals surface area contributed by atoms with Crippen LogP contribution in [-0.2, 0) is 10.0 Å². The Balaban J connectivity index is 2.31. The summed E-state index contributed by atoms with van der Waals surface area (Å²) in [5, 5.41) is 19.2. The number of benzene rings is 1. The molecule has 0 atom stereocenters. The first-order chi connectivity index (χ1) is 10.0. The summed E-state index contributed by atoms with van der Waals surface area (Å²) in [4.78, 5) is 4.14. The van der Waals surface area contributed by atoms with E-state index in [9.17, 15) is 18.5 Å². The van der Waals surface area contributed by atoms with Gasteiger partial charge in [0.2, 0.25) is 0 Å². The number of pyridine rings is 1. The van der Waals surface area contributed by atoms with E-state index in [0.717, 1.165) is 3.97 Å². The van der Waals surface area contributed by atoms with Crippen LogP contribution < -0.4 is 5.46 Å². The third-order valence-corrected chi connectivity index (χ3v) is 4.81. The third kappa shape index (κ3) is 2.23. The van der Waals surface area contributed by atoms with Gasteiger partial charge >= 0.3 is 7.12 Å². The van der Waals surface area contributed by atoms with Gasteiger partial charge in [-0.1, -0.05) is 18.2 Å². The molecule has 3 aromatic rings. The number of hydrogen-bond acceptors (Lipinski definition) is 5. The SMILES string of the molecule is O=S(=O)(c1ccccc1)n1cc(B(O)O)c2cccnc21. The Morgan fingerprint density at radius 2 is 1.76 bits per heavy atom. The average Bonchev–Trinajstić information content (AvgIpc) is 2.88. The number of rotatable bonds is 3. The molecule has 8 heteroatoms. The third-order valence-electron chi connectivity index (χ3n) is 3.14. The van der Waals surface area contributed by atoms with Crippen LogP contribution in [0.2, 0.25) is 0 Å². The minimum atomic E-state index is -3.85. The maximum Gasteiger partial charge on any atom is 0.490 e. The van der Waals surface area contributed by atoms with Crippen molar-refractivity contribution in [3.8, 4) is 0 Å². The molecule has 0 saturated heterocycles. The molecule has 21 heavy (non-hydrogen) atoms. The van der Waals surface area contributed by atoms with Gasteiger partial charge < -0.3 is 10.0 Å². The van der Waals surface area contributed by atoms with E-state index in [1.165, 1.54) is 24.5 Å². The molecule has 0 fully saturated rings. The van der Waals surface area contributed by atoms with Crippen molar-refractivity contribution in [3.05, 3.63) is 54.9 Å². The Hall–Kier alpha value is -2.16. The van der Waals surface area contributed by atoms with Crippen LogP contribution in [-0.4, -0.2) is 34.5 Å². The number of aromatic nitrogens is 2. The van der Waals surface area contributed by atoms with Crippen LogP contribution in [0, 0.1) is 0 Å². The summed E-state index contributed by atoms with van der Waals surface area (Å²) in [6.07, 6.45) is 2.64. The standard InChI is InChI=1S/C13H11BN2O4S/c17-14(18)12-9-16(13-11(12)7-4-8-15-13)21(19,20)10-5-2-1-3-6-10/h1-9,17-18H. The van der Waals surface area contributed by atoms with Gasteiger partial charge in [0.1, 0.15) is 0 Å². The van der Waals surface area contributed by atoms with Crippen LogP contribution >= 0.6 is 0 Å². The molecule has 106 valence electrons. The highest BCUT2D eigenvalue weighted by molar-refractivity contribution is 7.90. The average molecular weight is 302 g/mol. The first-order valence-corrected chi connectivity index (χ1v) is 7.58. The molecule has 1 aromatic carbocycles. The molecule has 0 amide bonds. The molecule has 2 heterocycles. The zero-order valence-corrected chi connectivity index (χ0v) is 11.6. The van der Waals surface area contributed by atoms with Crippen molar-refractivity contribution < 1.29 is 18.5 Å². The van der Waals surface area contributed by atoms with Crippen molar-refractivity contribution in [1.29, 1.82) is 0 Å². The van der Waals surface area contributed by atoms with Crippen molar-refractivity contribution in [3.63, 3.8) is 0 Å². The molecule has 0 bridgehead atoms. The van der Waals surface area contributed by atoms with Gasteiger partial charge in [0, 0.05) is 23.2 Å². The first-order valence-electron chi connectivity index (χ1n) is 6.14. The molecular weight excluding hydrogens is 291 g/mol. The van der Waals surface area contributed by atoms with Gasteiger partial charge in [0.05, 0.1) is 4.90 Å². The topological polar surface area (TPSA) is 92.4 Å². The van der Waals surface area contributed by atoms with Crippen molar-refractivity contribution in [2.45, 2.75) is 4.90 Å². The largest absolute Gasteiger partial charge is 0.490 e.